The molecule has 0 saturated carbocycles. The fourth-order valence-corrected chi connectivity index (χ4v) is 4.68. The zero-order chi connectivity index (χ0) is 22.1. The number of aromatic amines is 1. The molecule has 0 spiro atoms. The fourth-order valence-electron chi connectivity index (χ4n) is 3.24. The third kappa shape index (κ3) is 4.04. The van der Waals surface area contributed by atoms with E-state index in [0.717, 1.165) is 11.3 Å². The topological polar surface area (TPSA) is 84.8 Å². The average molecular weight is 476 g/mol. The van der Waals surface area contributed by atoms with Crippen molar-refractivity contribution in [1.82, 2.24) is 9.38 Å². The number of thiazole rings is 1. The average Bonchev–Trinajstić information content (AvgIpc) is 3.06. The first-order valence-electron chi connectivity index (χ1n) is 9.51. The summed E-state index contributed by atoms with van der Waals surface area (Å²) in [7, 11) is 0. The van der Waals surface area contributed by atoms with Gasteiger partial charge in [0, 0.05) is 11.1 Å². The second kappa shape index (κ2) is 8.70. The van der Waals surface area contributed by atoms with Crippen LogP contribution < -0.4 is 20.3 Å². The first kappa shape index (κ1) is 21.4. The number of anilines is 1. The molecule has 1 amide bonds. The predicted octanol–water partition coefficient (Wildman–Crippen LogP) is 5.27. The van der Waals surface area contributed by atoms with Crippen LogP contribution in [0.3, 0.4) is 0 Å². The Balaban J connectivity index is 1.82. The number of aromatic nitrogens is 2. The summed E-state index contributed by atoms with van der Waals surface area (Å²) in [6.07, 6.45) is 0. The molecule has 2 aromatic heterocycles. The minimum absolute atomic E-state index is 0.272. The maximum absolute atomic E-state index is 13.2. The second-order valence-electron chi connectivity index (χ2n) is 6.47. The normalized spacial score (nSPS) is 11.1. The molecule has 0 saturated heterocycles. The minimum atomic E-state index is -0.426. The summed E-state index contributed by atoms with van der Waals surface area (Å²) in [6.45, 7) is 4.66. The highest BCUT2D eigenvalue weighted by Crippen LogP contribution is 2.31. The molecule has 4 rings (SSSR count). The summed E-state index contributed by atoms with van der Waals surface area (Å²) in [4.78, 5) is 28.8. The molecule has 7 nitrogen and oxygen atoms in total. The van der Waals surface area contributed by atoms with E-state index in [0.29, 0.717) is 55.9 Å². The lowest BCUT2D eigenvalue weighted by Gasteiger charge is -2.13. The van der Waals surface area contributed by atoms with Crippen LogP contribution in [0.1, 0.15) is 23.5 Å². The van der Waals surface area contributed by atoms with E-state index in [2.05, 4.69) is 10.3 Å². The van der Waals surface area contributed by atoms with Gasteiger partial charge < -0.3 is 19.8 Å². The first-order chi connectivity index (χ1) is 14.9. The van der Waals surface area contributed by atoms with Gasteiger partial charge in [0.25, 0.3) is 11.5 Å². The van der Waals surface area contributed by atoms with Gasteiger partial charge in [0.2, 0.25) is 0 Å². The lowest BCUT2D eigenvalue weighted by molar-refractivity contribution is 0.103. The molecule has 2 heterocycles. The molecule has 0 fully saturated rings. The van der Waals surface area contributed by atoms with E-state index in [1.54, 1.807) is 40.8 Å². The number of hydrogen-bond acceptors (Lipinski definition) is 6. The number of fused-ring (bicyclic) bond motifs is 3. The number of nitrogens with zero attached hydrogens (tertiary/aromatic N) is 1. The van der Waals surface area contributed by atoms with Gasteiger partial charge in [-0.15, -0.1) is 0 Å². The molecule has 0 radical (unpaired) electrons. The fraction of sp³-hybridized carbons (Fsp3) is 0.190. The number of halogens is 1. The van der Waals surface area contributed by atoms with Crippen LogP contribution in [0.5, 0.6) is 11.5 Å². The van der Waals surface area contributed by atoms with Gasteiger partial charge in [0.15, 0.2) is 3.95 Å². The Bertz CT molecular complexity index is 1420. The van der Waals surface area contributed by atoms with Crippen molar-refractivity contribution in [2.24, 2.45) is 0 Å². The molecule has 0 bridgehead atoms. The van der Waals surface area contributed by atoms with Gasteiger partial charge in [-0.3, -0.25) is 14.0 Å². The maximum Gasteiger partial charge on any atom is 0.269 e. The molecule has 2 N–H and O–H groups in total. The van der Waals surface area contributed by atoms with Crippen molar-refractivity contribution in [1.29, 1.82) is 0 Å². The lowest BCUT2D eigenvalue weighted by Crippen LogP contribution is -2.15. The molecule has 0 aliphatic heterocycles. The van der Waals surface area contributed by atoms with E-state index in [1.165, 1.54) is 0 Å². The Kier molecular flexibility index (Phi) is 5.99. The van der Waals surface area contributed by atoms with E-state index in [9.17, 15) is 9.59 Å². The van der Waals surface area contributed by atoms with Crippen molar-refractivity contribution < 1.29 is 14.3 Å². The van der Waals surface area contributed by atoms with E-state index in [1.807, 2.05) is 13.8 Å². The minimum Gasteiger partial charge on any atom is -0.494 e. The van der Waals surface area contributed by atoms with Crippen molar-refractivity contribution in [2.75, 3.05) is 18.5 Å². The molecule has 10 heteroatoms. The van der Waals surface area contributed by atoms with Crippen LogP contribution in [-0.2, 0) is 0 Å². The molecule has 31 heavy (non-hydrogen) atoms. The number of hydrogen-bond donors (Lipinski definition) is 2. The largest absolute Gasteiger partial charge is 0.494 e. The highest BCUT2D eigenvalue weighted by molar-refractivity contribution is 7.73. The monoisotopic (exact) mass is 475 g/mol. The Labute approximate surface area is 191 Å². The van der Waals surface area contributed by atoms with Gasteiger partial charge in [0.1, 0.15) is 22.0 Å². The molecule has 0 aliphatic rings. The Morgan fingerprint density at radius 2 is 1.97 bits per heavy atom. The number of H-pyrrole nitrogens is 1. The lowest BCUT2D eigenvalue weighted by atomic mass is 10.2. The van der Waals surface area contributed by atoms with Gasteiger partial charge in [-0.1, -0.05) is 22.9 Å². The van der Waals surface area contributed by atoms with Crippen LogP contribution in [0, 0.1) is 3.95 Å². The summed E-state index contributed by atoms with van der Waals surface area (Å²) in [5.41, 5.74) is 0.981. The molecule has 0 unspecified atom stereocenters. The van der Waals surface area contributed by atoms with Crippen LogP contribution in [0.2, 0.25) is 5.02 Å². The number of nitrogens with one attached hydrogen (secondary N) is 2. The first-order valence-corrected chi connectivity index (χ1v) is 11.1. The zero-order valence-corrected chi connectivity index (χ0v) is 19.0. The van der Waals surface area contributed by atoms with Crippen molar-refractivity contribution in [3.8, 4) is 11.5 Å². The van der Waals surface area contributed by atoms with Crippen LogP contribution in [-0.4, -0.2) is 28.5 Å². The zero-order valence-electron chi connectivity index (χ0n) is 16.7. The summed E-state index contributed by atoms with van der Waals surface area (Å²) >= 11 is 12.7. The second-order valence-corrected chi connectivity index (χ2v) is 8.56. The van der Waals surface area contributed by atoms with Gasteiger partial charge in [-0.2, -0.15) is 0 Å². The predicted molar refractivity (Wildman–Crippen MR) is 126 cm³/mol. The van der Waals surface area contributed by atoms with E-state index >= 15 is 0 Å². The third-order valence-electron chi connectivity index (χ3n) is 4.50. The standard InChI is InChI=1S/C21H18ClN3O4S2/c1-3-28-12-6-8-16(29-4-2)14(10-12)23-20(27)17-18-24-19(26)13-7-5-11(22)9-15(13)25(18)21(30)31-17/h5-10H,3-4H2,1-2H3,(H,23,27)(H,24,26). The van der Waals surface area contributed by atoms with Crippen LogP contribution in [0.25, 0.3) is 16.6 Å². The molecule has 0 aliphatic carbocycles. The summed E-state index contributed by atoms with van der Waals surface area (Å²) < 4.78 is 13.2. The van der Waals surface area contributed by atoms with E-state index < -0.39 is 5.91 Å². The number of rotatable bonds is 6. The smallest absolute Gasteiger partial charge is 0.269 e. The Hall–Kier alpha value is -2.88. The van der Waals surface area contributed by atoms with Gasteiger partial charge in [0.05, 0.1) is 29.8 Å². The highest BCUT2D eigenvalue weighted by Gasteiger charge is 2.20. The van der Waals surface area contributed by atoms with E-state index in [4.69, 9.17) is 33.3 Å². The van der Waals surface area contributed by atoms with Gasteiger partial charge in [-0.05, 0) is 56.4 Å². The molecule has 160 valence electrons. The molecule has 0 atom stereocenters. The number of carbonyl (C=O) groups is 1. The number of benzene rings is 2. The van der Waals surface area contributed by atoms with Crippen LogP contribution in [0.15, 0.2) is 41.2 Å². The summed E-state index contributed by atoms with van der Waals surface area (Å²) in [5, 5.41) is 3.75. The number of amides is 1. The SMILES string of the molecule is CCOc1ccc(OCC)c(NC(=O)c2sc(=S)n3c2[nH]c(=O)c2ccc(Cl)cc23)c1. The van der Waals surface area contributed by atoms with Crippen molar-refractivity contribution >= 4 is 63.3 Å². The Morgan fingerprint density at radius 3 is 2.71 bits per heavy atom. The number of carbonyl (C=O) groups excluding carboxylic acids is 1. The van der Waals surface area contributed by atoms with Gasteiger partial charge >= 0.3 is 0 Å². The summed E-state index contributed by atoms with van der Waals surface area (Å²) in [5.74, 6) is 0.687. The molecular formula is C21H18ClN3O4S2. The third-order valence-corrected chi connectivity index (χ3v) is 6.11. The van der Waals surface area contributed by atoms with Gasteiger partial charge in [-0.25, -0.2) is 0 Å². The molecule has 2 aromatic carbocycles. The van der Waals surface area contributed by atoms with E-state index in [-0.39, 0.29) is 10.4 Å². The molecular weight excluding hydrogens is 458 g/mol. The van der Waals surface area contributed by atoms with Crippen molar-refractivity contribution in [2.45, 2.75) is 13.8 Å². The quantitative estimate of drug-likeness (QED) is 0.371. The number of ether oxygens (including phenoxy) is 2. The van der Waals surface area contributed by atoms with Crippen LogP contribution in [0.4, 0.5) is 5.69 Å². The van der Waals surface area contributed by atoms with Crippen molar-refractivity contribution in [3.63, 3.8) is 0 Å². The van der Waals surface area contributed by atoms with Crippen LogP contribution >= 0.6 is 35.2 Å². The Morgan fingerprint density at radius 1 is 1.19 bits per heavy atom. The molecule has 4 aromatic rings. The van der Waals surface area contributed by atoms with Crippen molar-refractivity contribution in [3.05, 3.63) is 60.6 Å². The summed E-state index contributed by atoms with van der Waals surface area (Å²) in [6, 6.07) is 10.1. The maximum atomic E-state index is 13.2. The highest BCUT2D eigenvalue weighted by atomic mass is 35.5.